The summed E-state index contributed by atoms with van der Waals surface area (Å²) in [6.45, 7) is 2.09. The van der Waals surface area contributed by atoms with E-state index in [9.17, 15) is 12.8 Å². The van der Waals surface area contributed by atoms with Crippen LogP contribution >= 0.6 is 0 Å². The minimum Gasteiger partial charge on any atom is -0.224 e. The van der Waals surface area contributed by atoms with Crippen LogP contribution in [0.5, 0.6) is 0 Å². The van der Waals surface area contributed by atoms with E-state index in [2.05, 4.69) is 6.92 Å². The molecule has 4 heteroatoms. The summed E-state index contributed by atoms with van der Waals surface area (Å²) in [6.07, 6.45) is 3.76. The fourth-order valence-electron chi connectivity index (χ4n) is 2.37. The summed E-state index contributed by atoms with van der Waals surface area (Å²) < 4.78 is 38.2. The van der Waals surface area contributed by atoms with Crippen LogP contribution in [-0.2, 0) is 9.84 Å². The van der Waals surface area contributed by atoms with Crippen LogP contribution in [0.4, 0.5) is 4.39 Å². The number of hydrogen-bond donors (Lipinski definition) is 0. The average molecular weight is 320 g/mol. The number of halogens is 1. The third-order valence-electron chi connectivity index (χ3n) is 3.66. The first kappa shape index (κ1) is 16.7. The van der Waals surface area contributed by atoms with Crippen molar-refractivity contribution in [2.24, 2.45) is 0 Å². The van der Waals surface area contributed by atoms with Gasteiger partial charge in [0, 0.05) is 5.56 Å². The molecule has 2 aromatic rings. The molecule has 2 rings (SSSR count). The molecular formula is C18H21FO2S. The number of sulfone groups is 1. The van der Waals surface area contributed by atoms with Gasteiger partial charge >= 0.3 is 0 Å². The Balaban J connectivity index is 2.13. The maximum absolute atomic E-state index is 13.7. The van der Waals surface area contributed by atoms with Gasteiger partial charge in [-0.1, -0.05) is 56.5 Å². The van der Waals surface area contributed by atoms with Crippen LogP contribution in [0.3, 0.4) is 0 Å². The largest absolute Gasteiger partial charge is 0.224 e. The molecule has 0 N–H and O–H groups in total. The van der Waals surface area contributed by atoms with Gasteiger partial charge < -0.3 is 0 Å². The number of benzene rings is 2. The first-order valence-corrected chi connectivity index (χ1v) is 9.27. The minimum atomic E-state index is -3.24. The predicted octanol–water partition coefficient (Wildman–Crippen LogP) is 4.85. The highest BCUT2D eigenvalue weighted by Crippen LogP contribution is 2.24. The number of unbranched alkanes of at least 4 members (excludes halogenated alkanes) is 3. The van der Waals surface area contributed by atoms with Gasteiger partial charge in [0.2, 0.25) is 0 Å². The van der Waals surface area contributed by atoms with Gasteiger partial charge in [0.05, 0.1) is 10.6 Å². The van der Waals surface area contributed by atoms with E-state index in [0.29, 0.717) is 22.4 Å². The van der Waals surface area contributed by atoms with Crippen LogP contribution in [0.2, 0.25) is 0 Å². The number of hydrogen-bond acceptors (Lipinski definition) is 2. The third-order valence-corrected chi connectivity index (χ3v) is 5.48. The summed E-state index contributed by atoms with van der Waals surface area (Å²) in [5.41, 5.74) is 1.16. The molecule has 0 radical (unpaired) electrons. The Bertz CT molecular complexity index is 706. The second-order valence-electron chi connectivity index (χ2n) is 5.38. The molecule has 0 atom stereocenters. The molecule has 0 spiro atoms. The van der Waals surface area contributed by atoms with Gasteiger partial charge in [0.25, 0.3) is 0 Å². The summed E-state index contributed by atoms with van der Waals surface area (Å²) in [4.78, 5) is 0.309. The average Bonchev–Trinajstić information content (AvgIpc) is 2.52. The zero-order chi connectivity index (χ0) is 16.0. The maximum atomic E-state index is 13.7. The smallest absolute Gasteiger partial charge is 0.178 e. The first-order chi connectivity index (χ1) is 10.5. The summed E-state index contributed by atoms with van der Waals surface area (Å²) in [7, 11) is -3.24. The van der Waals surface area contributed by atoms with Crippen molar-refractivity contribution in [3.05, 3.63) is 54.3 Å². The van der Waals surface area contributed by atoms with E-state index in [1.54, 1.807) is 42.5 Å². The Morgan fingerprint density at radius 1 is 0.909 bits per heavy atom. The highest BCUT2D eigenvalue weighted by atomic mass is 32.2. The van der Waals surface area contributed by atoms with Crippen LogP contribution in [-0.4, -0.2) is 14.2 Å². The Kier molecular flexibility index (Phi) is 5.72. The van der Waals surface area contributed by atoms with Crippen molar-refractivity contribution in [2.75, 3.05) is 5.75 Å². The molecule has 118 valence electrons. The summed E-state index contributed by atoms with van der Waals surface area (Å²) in [5.74, 6) is -0.135. The molecule has 0 aliphatic rings. The SMILES string of the molecule is CCCCCCS(=O)(=O)c1ccc(-c2ccccc2F)cc1. The lowest BCUT2D eigenvalue weighted by molar-refractivity contribution is 0.589. The maximum Gasteiger partial charge on any atom is 0.178 e. The van der Waals surface area contributed by atoms with Crippen LogP contribution < -0.4 is 0 Å². The summed E-state index contributed by atoms with van der Waals surface area (Å²) in [5, 5.41) is 0. The molecular weight excluding hydrogens is 299 g/mol. The fourth-order valence-corrected chi connectivity index (χ4v) is 3.74. The van der Waals surface area contributed by atoms with Crippen molar-refractivity contribution in [3.8, 4) is 11.1 Å². The fraction of sp³-hybridized carbons (Fsp3) is 0.333. The molecule has 0 fully saturated rings. The van der Waals surface area contributed by atoms with Gasteiger partial charge in [-0.3, -0.25) is 0 Å². The lowest BCUT2D eigenvalue weighted by atomic mass is 10.1. The number of rotatable bonds is 7. The zero-order valence-electron chi connectivity index (χ0n) is 12.8. The Hall–Kier alpha value is -1.68. The van der Waals surface area contributed by atoms with E-state index >= 15 is 0 Å². The highest BCUT2D eigenvalue weighted by Gasteiger charge is 2.14. The second kappa shape index (κ2) is 7.54. The molecule has 2 nitrogen and oxygen atoms in total. The van der Waals surface area contributed by atoms with Gasteiger partial charge in [0.15, 0.2) is 9.84 Å². The van der Waals surface area contributed by atoms with E-state index in [1.165, 1.54) is 6.07 Å². The van der Waals surface area contributed by atoms with E-state index in [1.807, 2.05) is 0 Å². The van der Waals surface area contributed by atoms with Crippen LogP contribution in [0, 0.1) is 5.82 Å². The van der Waals surface area contributed by atoms with Crippen molar-refractivity contribution >= 4 is 9.84 Å². The van der Waals surface area contributed by atoms with Gasteiger partial charge in [-0.05, 0) is 30.2 Å². The molecule has 0 saturated heterocycles. The van der Waals surface area contributed by atoms with E-state index < -0.39 is 9.84 Å². The van der Waals surface area contributed by atoms with E-state index in [-0.39, 0.29) is 11.6 Å². The van der Waals surface area contributed by atoms with E-state index in [0.717, 1.165) is 19.3 Å². The monoisotopic (exact) mass is 320 g/mol. The normalized spacial score (nSPS) is 11.5. The van der Waals surface area contributed by atoms with Crippen molar-refractivity contribution < 1.29 is 12.8 Å². The van der Waals surface area contributed by atoms with Gasteiger partial charge in [-0.25, -0.2) is 12.8 Å². The Labute approximate surface area is 131 Å². The molecule has 2 aromatic carbocycles. The van der Waals surface area contributed by atoms with Gasteiger partial charge in [-0.2, -0.15) is 0 Å². The highest BCUT2D eigenvalue weighted by molar-refractivity contribution is 7.91. The molecule has 0 aromatic heterocycles. The van der Waals surface area contributed by atoms with Crippen LogP contribution in [0.15, 0.2) is 53.4 Å². The van der Waals surface area contributed by atoms with Crippen molar-refractivity contribution in [1.82, 2.24) is 0 Å². The van der Waals surface area contributed by atoms with Crippen molar-refractivity contribution in [1.29, 1.82) is 0 Å². The topological polar surface area (TPSA) is 34.1 Å². The lowest BCUT2D eigenvalue weighted by Gasteiger charge is -2.07. The molecule has 0 unspecified atom stereocenters. The molecule has 22 heavy (non-hydrogen) atoms. The molecule has 0 bridgehead atoms. The first-order valence-electron chi connectivity index (χ1n) is 7.62. The van der Waals surface area contributed by atoms with Gasteiger partial charge in [-0.15, -0.1) is 0 Å². The predicted molar refractivity (Wildman–Crippen MR) is 88.0 cm³/mol. The zero-order valence-corrected chi connectivity index (χ0v) is 13.6. The van der Waals surface area contributed by atoms with E-state index in [4.69, 9.17) is 0 Å². The third kappa shape index (κ3) is 4.17. The quantitative estimate of drug-likeness (QED) is 0.684. The molecule has 0 amide bonds. The van der Waals surface area contributed by atoms with Crippen molar-refractivity contribution in [2.45, 2.75) is 37.5 Å². The molecule has 0 aliphatic carbocycles. The summed E-state index contributed by atoms with van der Waals surface area (Å²) >= 11 is 0. The minimum absolute atomic E-state index is 0.173. The second-order valence-corrected chi connectivity index (χ2v) is 7.49. The molecule has 0 heterocycles. The lowest BCUT2D eigenvalue weighted by Crippen LogP contribution is -2.06. The van der Waals surface area contributed by atoms with Crippen LogP contribution in [0.25, 0.3) is 11.1 Å². The standard InChI is InChI=1S/C18H21FO2S/c1-2-3-4-7-14-22(20,21)16-12-10-15(11-13-16)17-8-5-6-9-18(17)19/h5-6,8-13H,2-4,7,14H2,1H3. The Morgan fingerprint density at radius 3 is 2.23 bits per heavy atom. The van der Waals surface area contributed by atoms with Crippen LogP contribution in [0.1, 0.15) is 32.6 Å². The molecule has 0 saturated carbocycles. The van der Waals surface area contributed by atoms with Gasteiger partial charge in [0.1, 0.15) is 5.82 Å². The Morgan fingerprint density at radius 2 is 1.59 bits per heavy atom. The molecule has 0 aliphatic heterocycles. The summed E-state index contributed by atoms with van der Waals surface area (Å²) in [6, 6.07) is 12.9. The van der Waals surface area contributed by atoms with Crippen molar-refractivity contribution in [3.63, 3.8) is 0 Å².